The van der Waals surface area contributed by atoms with Gasteiger partial charge in [-0.1, -0.05) is 30.3 Å². The van der Waals surface area contributed by atoms with Gasteiger partial charge in [-0.15, -0.1) is 11.3 Å². The molecule has 6 heteroatoms. The Kier molecular flexibility index (Phi) is 3.77. The fourth-order valence-electron chi connectivity index (χ4n) is 2.89. The smallest absolute Gasteiger partial charge is 0.255 e. The summed E-state index contributed by atoms with van der Waals surface area (Å²) in [5, 5.41) is 0. The van der Waals surface area contributed by atoms with E-state index in [9.17, 15) is 4.79 Å². The minimum Gasteiger partial charge on any atom is -0.306 e. The van der Waals surface area contributed by atoms with E-state index in [0.29, 0.717) is 12.4 Å². The Morgan fingerprint density at radius 2 is 2.13 bits per heavy atom. The maximum absolute atomic E-state index is 12.5. The van der Waals surface area contributed by atoms with Crippen molar-refractivity contribution < 1.29 is 0 Å². The average Bonchev–Trinajstić information content (AvgIpc) is 3.09. The van der Waals surface area contributed by atoms with Gasteiger partial charge in [0, 0.05) is 42.7 Å². The molecular formula is C17H16N4OS. The number of H-pyrrole nitrogens is 1. The van der Waals surface area contributed by atoms with Crippen molar-refractivity contribution in [3.8, 4) is 11.4 Å². The molecule has 3 heterocycles. The van der Waals surface area contributed by atoms with Crippen molar-refractivity contribution in [1.82, 2.24) is 19.9 Å². The quantitative estimate of drug-likeness (QED) is 0.804. The van der Waals surface area contributed by atoms with E-state index in [0.717, 1.165) is 36.3 Å². The van der Waals surface area contributed by atoms with E-state index >= 15 is 0 Å². The molecule has 0 saturated heterocycles. The number of aromatic amines is 1. The number of hydrogen-bond donors (Lipinski definition) is 1. The number of thiazole rings is 1. The summed E-state index contributed by atoms with van der Waals surface area (Å²) in [7, 11) is 0. The van der Waals surface area contributed by atoms with Gasteiger partial charge in [-0.25, -0.2) is 4.98 Å². The van der Waals surface area contributed by atoms with Crippen LogP contribution in [0.25, 0.3) is 11.4 Å². The molecule has 0 unspecified atom stereocenters. The Morgan fingerprint density at radius 1 is 1.26 bits per heavy atom. The molecule has 1 aromatic carbocycles. The van der Waals surface area contributed by atoms with Crippen LogP contribution in [0.5, 0.6) is 0 Å². The van der Waals surface area contributed by atoms with Gasteiger partial charge in [0.25, 0.3) is 5.56 Å². The Bertz CT molecular complexity index is 858. The van der Waals surface area contributed by atoms with E-state index in [4.69, 9.17) is 0 Å². The summed E-state index contributed by atoms with van der Waals surface area (Å²) in [6, 6.07) is 9.78. The predicted octanol–water partition coefficient (Wildman–Crippen LogP) is 2.45. The molecule has 1 N–H and O–H groups in total. The van der Waals surface area contributed by atoms with Gasteiger partial charge in [-0.2, -0.15) is 0 Å². The highest BCUT2D eigenvalue weighted by Crippen LogP contribution is 2.20. The van der Waals surface area contributed by atoms with E-state index < -0.39 is 0 Å². The van der Waals surface area contributed by atoms with Gasteiger partial charge >= 0.3 is 0 Å². The summed E-state index contributed by atoms with van der Waals surface area (Å²) in [4.78, 5) is 27.7. The number of hydrogen-bond acceptors (Lipinski definition) is 5. The number of rotatable bonds is 3. The number of fused-ring (bicyclic) bond motifs is 1. The first kappa shape index (κ1) is 14.3. The van der Waals surface area contributed by atoms with Crippen LogP contribution < -0.4 is 5.56 Å². The highest BCUT2D eigenvalue weighted by Gasteiger charge is 2.21. The summed E-state index contributed by atoms with van der Waals surface area (Å²) in [6.45, 7) is 2.39. The molecule has 116 valence electrons. The first-order valence-electron chi connectivity index (χ1n) is 7.57. The lowest BCUT2D eigenvalue weighted by Crippen LogP contribution is -2.35. The SMILES string of the molecule is O=c1[nH]c(-c2ccccc2)nc2c1CN(Cc1cncs1)CC2. The van der Waals surface area contributed by atoms with Crippen molar-refractivity contribution in [1.29, 1.82) is 0 Å². The number of aromatic nitrogens is 3. The predicted molar refractivity (Wildman–Crippen MR) is 90.2 cm³/mol. The van der Waals surface area contributed by atoms with E-state index in [1.165, 1.54) is 4.88 Å². The van der Waals surface area contributed by atoms with Crippen LogP contribution in [0.3, 0.4) is 0 Å². The minimum atomic E-state index is -0.0251. The molecular weight excluding hydrogens is 308 g/mol. The molecule has 0 radical (unpaired) electrons. The van der Waals surface area contributed by atoms with Crippen LogP contribution in [-0.2, 0) is 19.5 Å². The van der Waals surface area contributed by atoms with Crippen molar-refractivity contribution in [3.63, 3.8) is 0 Å². The maximum Gasteiger partial charge on any atom is 0.255 e. The Labute approximate surface area is 137 Å². The van der Waals surface area contributed by atoms with E-state index in [1.807, 2.05) is 42.0 Å². The van der Waals surface area contributed by atoms with Crippen molar-refractivity contribution in [2.24, 2.45) is 0 Å². The number of nitrogens with one attached hydrogen (secondary N) is 1. The molecule has 23 heavy (non-hydrogen) atoms. The van der Waals surface area contributed by atoms with Crippen LogP contribution in [-0.4, -0.2) is 26.4 Å². The number of nitrogens with zero attached hydrogens (tertiary/aromatic N) is 3. The highest BCUT2D eigenvalue weighted by atomic mass is 32.1. The first-order valence-corrected chi connectivity index (χ1v) is 8.45. The van der Waals surface area contributed by atoms with Gasteiger partial charge in [0.05, 0.1) is 16.8 Å². The van der Waals surface area contributed by atoms with Gasteiger partial charge in [0.15, 0.2) is 0 Å². The molecule has 0 spiro atoms. The number of benzene rings is 1. The van der Waals surface area contributed by atoms with Crippen LogP contribution >= 0.6 is 11.3 Å². The molecule has 0 bridgehead atoms. The topological polar surface area (TPSA) is 61.9 Å². The Hall–Kier alpha value is -2.31. The van der Waals surface area contributed by atoms with Crippen molar-refractivity contribution in [2.75, 3.05) is 6.54 Å². The fraction of sp³-hybridized carbons (Fsp3) is 0.235. The largest absolute Gasteiger partial charge is 0.306 e. The summed E-state index contributed by atoms with van der Waals surface area (Å²) in [5.41, 5.74) is 4.48. The van der Waals surface area contributed by atoms with Crippen LogP contribution in [0.15, 0.2) is 46.8 Å². The maximum atomic E-state index is 12.5. The van der Waals surface area contributed by atoms with E-state index in [-0.39, 0.29) is 5.56 Å². The van der Waals surface area contributed by atoms with Crippen molar-refractivity contribution in [3.05, 3.63) is 68.5 Å². The molecule has 0 atom stereocenters. The molecule has 2 aromatic heterocycles. The molecule has 0 aliphatic carbocycles. The van der Waals surface area contributed by atoms with E-state index in [2.05, 4.69) is 19.9 Å². The normalized spacial score (nSPS) is 14.6. The van der Waals surface area contributed by atoms with Crippen LogP contribution in [0.2, 0.25) is 0 Å². The first-order chi connectivity index (χ1) is 11.3. The zero-order valence-corrected chi connectivity index (χ0v) is 13.3. The zero-order chi connectivity index (χ0) is 15.6. The lowest BCUT2D eigenvalue weighted by molar-refractivity contribution is 0.244. The highest BCUT2D eigenvalue weighted by molar-refractivity contribution is 7.09. The summed E-state index contributed by atoms with van der Waals surface area (Å²) < 4.78 is 0. The molecule has 0 amide bonds. The summed E-state index contributed by atoms with van der Waals surface area (Å²) in [6.07, 6.45) is 2.69. The summed E-state index contributed by atoms with van der Waals surface area (Å²) in [5.74, 6) is 0.658. The Balaban J connectivity index is 1.62. The molecule has 1 aliphatic heterocycles. The van der Waals surface area contributed by atoms with Crippen LogP contribution in [0.1, 0.15) is 16.1 Å². The van der Waals surface area contributed by atoms with Crippen molar-refractivity contribution >= 4 is 11.3 Å². The molecule has 4 rings (SSSR count). The van der Waals surface area contributed by atoms with Crippen molar-refractivity contribution in [2.45, 2.75) is 19.5 Å². The second-order valence-corrected chi connectivity index (χ2v) is 6.61. The lowest BCUT2D eigenvalue weighted by atomic mass is 10.1. The Morgan fingerprint density at radius 3 is 2.91 bits per heavy atom. The van der Waals surface area contributed by atoms with Gasteiger partial charge in [0.1, 0.15) is 5.82 Å². The van der Waals surface area contributed by atoms with Crippen LogP contribution in [0.4, 0.5) is 0 Å². The third-order valence-corrected chi connectivity index (χ3v) is 4.82. The van der Waals surface area contributed by atoms with Crippen LogP contribution in [0, 0.1) is 0 Å². The monoisotopic (exact) mass is 324 g/mol. The zero-order valence-electron chi connectivity index (χ0n) is 12.5. The van der Waals surface area contributed by atoms with Gasteiger partial charge < -0.3 is 4.98 Å². The third-order valence-electron chi connectivity index (χ3n) is 4.06. The molecule has 0 fully saturated rings. The molecule has 0 saturated carbocycles. The average molecular weight is 324 g/mol. The summed E-state index contributed by atoms with van der Waals surface area (Å²) >= 11 is 1.65. The third kappa shape index (κ3) is 2.95. The molecule has 1 aliphatic rings. The fourth-order valence-corrected chi connectivity index (χ4v) is 3.53. The van der Waals surface area contributed by atoms with Gasteiger partial charge in [0.2, 0.25) is 0 Å². The molecule has 3 aromatic rings. The second kappa shape index (κ2) is 6.06. The molecule has 5 nitrogen and oxygen atoms in total. The standard InChI is InChI=1S/C17H16N4OS/c22-17-14-10-21(9-13-8-18-11-23-13)7-6-15(14)19-16(20-17)12-4-2-1-3-5-12/h1-5,8,11H,6-7,9-10H2,(H,19,20,22). The minimum absolute atomic E-state index is 0.0251. The van der Waals surface area contributed by atoms with E-state index in [1.54, 1.807) is 11.3 Å². The lowest BCUT2D eigenvalue weighted by Gasteiger charge is -2.27. The second-order valence-electron chi connectivity index (χ2n) is 5.63. The van der Waals surface area contributed by atoms with Gasteiger partial charge in [-0.3, -0.25) is 14.7 Å². The van der Waals surface area contributed by atoms with Gasteiger partial charge in [-0.05, 0) is 0 Å².